The molecule has 2 N–H and O–H groups in total. The van der Waals surface area contributed by atoms with Crippen molar-refractivity contribution in [1.82, 2.24) is 9.78 Å². The van der Waals surface area contributed by atoms with Gasteiger partial charge in [-0.2, -0.15) is 18.3 Å². The molecule has 0 saturated heterocycles. The van der Waals surface area contributed by atoms with Gasteiger partial charge in [0.25, 0.3) is 0 Å². The predicted octanol–water partition coefficient (Wildman–Crippen LogP) is 2.33. The third kappa shape index (κ3) is 2.71. The van der Waals surface area contributed by atoms with Crippen molar-refractivity contribution in [2.75, 3.05) is 0 Å². The first-order chi connectivity index (χ1) is 6.86. The fourth-order valence-electron chi connectivity index (χ4n) is 1.33. The van der Waals surface area contributed by atoms with E-state index < -0.39 is 17.9 Å². The largest absolute Gasteiger partial charge is 0.435 e. The summed E-state index contributed by atoms with van der Waals surface area (Å²) < 4.78 is 38.4. The summed E-state index contributed by atoms with van der Waals surface area (Å²) in [6.07, 6.45) is -3.68. The van der Waals surface area contributed by atoms with Crippen molar-refractivity contribution in [3.05, 3.63) is 17.5 Å². The molecule has 0 bridgehead atoms. The van der Waals surface area contributed by atoms with Gasteiger partial charge in [-0.05, 0) is 19.4 Å². The average Bonchev–Trinajstić information content (AvgIpc) is 2.48. The molecule has 1 aromatic heterocycles. The van der Waals surface area contributed by atoms with Crippen LogP contribution in [0.4, 0.5) is 13.2 Å². The Labute approximate surface area is 86.1 Å². The van der Waals surface area contributed by atoms with Crippen LogP contribution in [0.5, 0.6) is 0 Å². The molecule has 0 aliphatic heterocycles. The zero-order valence-corrected chi connectivity index (χ0v) is 8.67. The van der Waals surface area contributed by atoms with Gasteiger partial charge in [0.2, 0.25) is 0 Å². The van der Waals surface area contributed by atoms with Crippen LogP contribution in [0.3, 0.4) is 0 Å². The summed E-state index contributed by atoms with van der Waals surface area (Å²) >= 11 is 0. The lowest BCUT2D eigenvalue weighted by Crippen LogP contribution is -2.13. The Bertz CT molecular complexity index is 328. The Morgan fingerprint density at radius 2 is 2.13 bits per heavy atom. The van der Waals surface area contributed by atoms with E-state index in [1.165, 1.54) is 4.68 Å². The van der Waals surface area contributed by atoms with E-state index in [9.17, 15) is 13.2 Å². The van der Waals surface area contributed by atoms with Gasteiger partial charge in [-0.1, -0.05) is 6.92 Å². The number of halogens is 3. The van der Waals surface area contributed by atoms with Crippen molar-refractivity contribution < 1.29 is 13.2 Å². The van der Waals surface area contributed by atoms with E-state index in [1.54, 1.807) is 6.92 Å². The van der Waals surface area contributed by atoms with Gasteiger partial charge in [0.15, 0.2) is 5.69 Å². The molecule has 0 aliphatic rings. The molecule has 1 rings (SSSR count). The Balaban J connectivity index is 3.09. The second-order valence-electron chi connectivity index (χ2n) is 3.46. The summed E-state index contributed by atoms with van der Waals surface area (Å²) in [5, 5.41) is 3.50. The molecule has 6 heteroatoms. The number of hydrogen-bond acceptors (Lipinski definition) is 2. The van der Waals surface area contributed by atoms with Crippen LogP contribution >= 0.6 is 0 Å². The molecule has 1 heterocycles. The van der Waals surface area contributed by atoms with Crippen molar-refractivity contribution in [2.24, 2.45) is 5.73 Å². The van der Waals surface area contributed by atoms with Gasteiger partial charge in [-0.15, -0.1) is 0 Å². The van der Waals surface area contributed by atoms with E-state index >= 15 is 0 Å². The summed E-state index contributed by atoms with van der Waals surface area (Å²) in [6.45, 7) is 3.97. The first kappa shape index (κ1) is 12.0. The first-order valence-electron chi connectivity index (χ1n) is 4.76. The van der Waals surface area contributed by atoms with Crippen LogP contribution in [0.1, 0.15) is 37.7 Å². The molecular weight excluding hydrogens is 207 g/mol. The monoisotopic (exact) mass is 221 g/mol. The molecule has 0 amide bonds. The quantitative estimate of drug-likeness (QED) is 0.851. The Kier molecular flexibility index (Phi) is 3.38. The van der Waals surface area contributed by atoms with Crippen LogP contribution in [0.25, 0.3) is 0 Å². The van der Waals surface area contributed by atoms with Gasteiger partial charge in [0, 0.05) is 12.6 Å². The lowest BCUT2D eigenvalue weighted by atomic mass is 10.2. The Hall–Kier alpha value is -1.04. The minimum Gasteiger partial charge on any atom is -0.323 e. The second kappa shape index (κ2) is 4.22. The summed E-state index contributed by atoms with van der Waals surface area (Å²) in [6, 6.07) is 0.570. The SMILES string of the molecule is CCCn1nc(C(F)(F)F)cc1[C@@H](C)N. The van der Waals surface area contributed by atoms with Gasteiger partial charge in [0.1, 0.15) is 0 Å². The molecule has 0 radical (unpaired) electrons. The normalized spacial score (nSPS) is 14.3. The van der Waals surface area contributed by atoms with Crippen molar-refractivity contribution in [1.29, 1.82) is 0 Å². The standard InChI is InChI=1S/C9H14F3N3/c1-3-4-15-7(6(2)13)5-8(14-15)9(10,11)12/h5-6H,3-4,13H2,1-2H3/t6-/m1/s1. The van der Waals surface area contributed by atoms with Crippen molar-refractivity contribution >= 4 is 0 Å². The molecule has 0 unspecified atom stereocenters. The van der Waals surface area contributed by atoms with Crippen LogP contribution in [0, 0.1) is 0 Å². The molecule has 1 atom stereocenters. The number of aryl methyl sites for hydroxylation is 1. The minimum absolute atomic E-state index is 0.421. The third-order valence-electron chi connectivity index (χ3n) is 2.00. The highest BCUT2D eigenvalue weighted by Crippen LogP contribution is 2.29. The van der Waals surface area contributed by atoms with E-state index in [0.29, 0.717) is 12.2 Å². The van der Waals surface area contributed by atoms with Gasteiger partial charge < -0.3 is 5.73 Å². The molecule has 0 spiro atoms. The highest BCUT2D eigenvalue weighted by atomic mass is 19.4. The van der Waals surface area contributed by atoms with Crippen molar-refractivity contribution in [3.8, 4) is 0 Å². The number of nitrogens with two attached hydrogens (primary N) is 1. The molecule has 1 aromatic rings. The maximum absolute atomic E-state index is 12.4. The smallest absolute Gasteiger partial charge is 0.323 e. The molecule has 86 valence electrons. The lowest BCUT2D eigenvalue weighted by Gasteiger charge is -2.07. The summed E-state index contributed by atoms with van der Waals surface area (Å²) in [5.41, 5.74) is 5.12. The van der Waals surface area contributed by atoms with Crippen LogP contribution in [0.2, 0.25) is 0 Å². The van der Waals surface area contributed by atoms with E-state index in [1.807, 2.05) is 6.92 Å². The molecule has 3 nitrogen and oxygen atoms in total. The van der Waals surface area contributed by atoms with Crippen molar-refractivity contribution in [3.63, 3.8) is 0 Å². The average molecular weight is 221 g/mol. The van der Waals surface area contributed by atoms with Gasteiger partial charge in [-0.3, -0.25) is 4.68 Å². The molecule has 0 fully saturated rings. The van der Waals surface area contributed by atoms with E-state index in [0.717, 1.165) is 12.5 Å². The summed E-state index contributed by atoms with van der Waals surface area (Å²) in [5.74, 6) is 0. The Morgan fingerprint density at radius 3 is 2.53 bits per heavy atom. The minimum atomic E-state index is -4.40. The molecule has 15 heavy (non-hydrogen) atoms. The van der Waals surface area contributed by atoms with E-state index in [2.05, 4.69) is 5.10 Å². The van der Waals surface area contributed by atoms with E-state index in [4.69, 9.17) is 5.73 Å². The van der Waals surface area contributed by atoms with Gasteiger partial charge in [-0.25, -0.2) is 0 Å². The van der Waals surface area contributed by atoms with Crippen molar-refractivity contribution in [2.45, 2.75) is 39.0 Å². The molecule has 0 aromatic carbocycles. The number of aromatic nitrogens is 2. The van der Waals surface area contributed by atoms with Crippen LogP contribution < -0.4 is 5.73 Å². The highest BCUT2D eigenvalue weighted by molar-refractivity contribution is 5.15. The van der Waals surface area contributed by atoms with Gasteiger partial charge in [0.05, 0.1) is 5.69 Å². The van der Waals surface area contributed by atoms with Crippen LogP contribution in [-0.2, 0) is 12.7 Å². The van der Waals surface area contributed by atoms with Gasteiger partial charge >= 0.3 is 6.18 Å². The first-order valence-corrected chi connectivity index (χ1v) is 4.76. The maximum atomic E-state index is 12.4. The molecular formula is C9H14F3N3. The second-order valence-corrected chi connectivity index (χ2v) is 3.46. The fourth-order valence-corrected chi connectivity index (χ4v) is 1.33. The number of rotatable bonds is 3. The van der Waals surface area contributed by atoms with E-state index in [-0.39, 0.29) is 0 Å². The number of hydrogen-bond donors (Lipinski definition) is 1. The van der Waals surface area contributed by atoms with Crippen LogP contribution in [-0.4, -0.2) is 9.78 Å². The topological polar surface area (TPSA) is 43.8 Å². The highest BCUT2D eigenvalue weighted by Gasteiger charge is 2.35. The zero-order chi connectivity index (χ0) is 11.6. The molecule has 0 saturated carbocycles. The number of nitrogens with zero attached hydrogens (tertiary/aromatic N) is 2. The summed E-state index contributed by atoms with van der Waals surface area (Å²) in [7, 11) is 0. The predicted molar refractivity (Wildman–Crippen MR) is 50.1 cm³/mol. The zero-order valence-electron chi connectivity index (χ0n) is 8.67. The fraction of sp³-hybridized carbons (Fsp3) is 0.667. The summed E-state index contributed by atoms with van der Waals surface area (Å²) in [4.78, 5) is 0. The maximum Gasteiger partial charge on any atom is 0.435 e. The third-order valence-corrected chi connectivity index (χ3v) is 2.00. The molecule has 0 aliphatic carbocycles. The number of alkyl halides is 3. The van der Waals surface area contributed by atoms with Crippen LogP contribution in [0.15, 0.2) is 6.07 Å². The Morgan fingerprint density at radius 1 is 1.53 bits per heavy atom. The lowest BCUT2D eigenvalue weighted by molar-refractivity contribution is -0.141.